The first-order chi connectivity index (χ1) is 8.66. The van der Waals surface area contributed by atoms with Gasteiger partial charge in [-0.15, -0.1) is 0 Å². The number of carbonyl (C=O) groups excluding carboxylic acids is 1. The molecule has 1 aromatic carbocycles. The van der Waals surface area contributed by atoms with Crippen LogP contribution in [0.1, 0.15) is 35.2 Å². The van der Waals surface area contributed by atoms with Crippen LogP contribution in [0.25, 0.3) is 0 Å². The molecular weight excluding hydrogens is 230 g/mol. The Hall–Kier alpha value is -1.55. The van der Waals surface area contributed by atoms with Crippen molar-refractivity contribution in [3.63, 3.8) is 0 Å². The van der Waals surface area contributed by atoms with Crippen LogP contribution in [0.15, 0.2) is 18.2 Å². The van der Waals surface area contributed by atoms with Gasteiger partial charge in [-0.3, -0.25) is 4.79 Å². The van der Waals surface area contributed by atoms with Crippen molar-refractivity contribution in [2.75, 3.05) is 13.2 Å². The van der Waals surface area contributed by atoms with E-state index in [4.69, 9.17) is 4.74 Å². The molecule has 0 bridgehead atoms. The largest absolute Gasteiger partial charge is 0.508 e. The topological polar surface area (TPSA) is 58.6 Å². The van der Waals surface area contributed by atoms with Gasteiger partial charge in [-0.2, -0.15) is 0 Å². The highest BCUT2D eigenvalue weighted by molar-refractivity contribution is 5.94. The summed E-state index contributed by atoms with van der Waals surface area (Å²) >= 11 is 0. The van der Waals surface area contributed by atoms with E-state index >= 15 is 0 Å². The summed E-state index contributed by atoms with van der Waals surface area (Å²) in [5, 5.41) is 12.3. The Bertz CT molecular complexity index is 425. The molecule has 4 heteroatoms. The van der Waals surface area contributed by atoms with Crippen LogP contribution in [0.3, 0.4) is 0 Å². The van der Waals surface area contributed by atoms with E-state index in [9.17, 15) is 9.90 Å². The summed E-state index contributed by atoms with van der Waals surface area (Å²) in [5.74, 6) is 0.113. The lowest BCUT2D eigenvalue weighted by Crippen LogP contribution is -2.27. The van der Waals surface area contributed by atoms with Crippen LogP contribution in [0.5, 0.6) is 5.75 Å². The molecule has 98 valence electrons. The molecule has 0 spiro atoms. The van der Waals surface area contributed by atoms with Crippen LogP contribution >= 0.6 is 0 Å². The molecule has 2 rings (SSSR count). The number of nitrogens with one attached hydrogen (secondary N) is 1. The molecule has 1 unspecified atom stereocenters. The van der Waals surface area contributed by atoms with Gasteiger partial charge in [0.05, 0.1) is 6.10 Å². The van der Waals surface area contributed by atoms with Crippen LogP contribution in [0.2, 0.25) is 0 Å². The summed E-state index contributed by atoms with van der Waals surface area (Å²) in [5.41, 5.74) is 1.29. The van der Waals surface area contributed by atoms with E-state index in [2.05, 4.69) is 5.32 Å². The van der Waals surface area contributed by atoms with Crippen molar-refractivity contribution in [3.8, 4) is 5.75 Å². The molecule has 1 heterocycles. The summed E-state index contributed by atoms with van der Waals surface area (Å²) in [6, 6.07) is 4.87. The van der Waals surface area contributed by atoms with Gasteiger partial charge < -0.3 is 15.2 Å². The maximum Gasteiger partial charge on any atom is 0.251 e. The molecule has 1 fully saturated rings. The highest BCUT2D eigenvalue weighted by Crippen LogP contribution is 2.17. The molecule has 1 aliphatic rings. The van der Waals surface area contributed by atoms with Crippen molar-refractivity contribution >= 4 is 5.91 Å². The smallest absolute Gasteiger partial charge is 0.251 e. The first kappa shape index (κ1) is 12.9. The minimum absolute atomic E-state index is 0.101. The minimum atomic E-state index is -0.101. The Morgan fingerprint density at radius 1 is 1.56 bits per heavy atom. The average Bonchev–Trinajstić information content (AvgIpc) is 2.85. The van der Waals surface area contributed by atoms with E-state index in [1.807, 2.05) is 0 Å². The predicted octanol–water partition coefficient (Wildman–Crippen LogP) is 2.00. The molecule has 2 N–H and O–H groups in total. The van der Waals surface area contributed by atoms with Gasteiger partial charge in [0, 0.05) is 18.7 Å². The van der Waals surface area contributed by atoms with E-state index < -0.39 is 0 Å². The summed E-state index contributed by atoms with van der Waals surface area (Å²) in [6.45, 7) is 3.25. The molecule has 0 aromatic heterocycles. The zero-order chi connectivity index (χ0) is 13.0. The second-order valence-corrected chi connectivity index (χ2v) is 4.68. The van der Waals surface area contributed by atoms with Crippen molar-refractivity contribution in [1.82, 2.24) is 5.32 Å². The summed E-state index contributed by atoms with van der Waals surface area (Å²) in [7, 11) is 0. The normalized spacial score (nSPS) is 18.8. The molecule has 1 atom stereocenters. The Kier molecular flexibility index (Phi) is 4.20. The van der Waals surface area contributed by atoms with E-state index in [0.29, 0.717) is 23.8 Å². The van der Waals surface area contributed by atoms with Crippen LogP contribution in [-0.2, 0) is 4.74 Å². The maximum atomic E-state index is 11.8. The van der Waals surface area contributed by atoms with E-state index in [1.54, 1.807) is 25.1 Å². The van der Waals surface area contributed by atoms with Gasteiger partial charge in [-0.05, 0) is 49.9 Å². The number of hydrogen-bond donors (Lipinski definition) is 2. The van der Waals surface area contributed by atoms with Crippen molar-refractivity contribution in [1.29, 1.82) is 0 Å². The van der Waals surface area contributed by atoms with Gasteiger partial charge in [0.25, 0.3) is 5.91 Å². The zero-order valence-corrected chi connectivity index (χ0v) is 10.6. The fourth-order valence-electron chi connectivity index (χ4n) is 2.12. The average molecular weight is 249 g/mol. The number of rotatable bonds is 4. The summed E-state index contributed by atoms with van der Waals surface area (Å²) in [6.07, 6.45) is 3.37. The van der Waals surface area contributed by atoms with Gasteiger partial charge >= 0.3 is 0 Å². The third kappa shape index (κ3) is 3.23. The van der Waals surface area contributed by atoms with Gasteiger partial charge in [0.15, 0.2) is 0 Å². The lowest BCUT2D eigenvalue weighted by molar-refractivity contribution is 0.0907. The van der Waals surface area contributed by atoms with E-state index in [0.717, 1.165) is 25.9 Å². The minimum Gasteiger partial charge on any atom is -0.508 e. The van der Waals surface area contributed by atoms with Crippen LogP contribution in [-0.4, -0.2) is 30.3 Å². The highest BCUT2D eigenvalue weighted by Gasteiger charge is 2.15. The third-order valence-electron chi connectivity index (χ3n) is 3.23. The number of ether oxygens (including phenoxy) is 1. The van der Waals surface area contributed by atoms with E-state index in [-0.39, 0.29) is 11.7 Å². The number of aryl methyl sites for hydroxylation is 1. The number of aromatic hydroxyl groups is 1. The first-order valence-corrected chi connectivity index (χ1v) is 6.36. The lowest BCUT2D eigenvalue weighted by atomic mass is 10.1. The van der Waals surface area contributed by atoms with Crippen LogP contribution < -0.4 is 5.32 Å². The molecule has 4 nitrogen and oxygen atoms in total. The monoisotopic (exact) mass is 249 g/mol. The van der Waals surface area contributed by atoms with Crippen molar-refractivity contribution in [3.05, 3.63) is 29.3 Å². The van der Waals surface area contributed by atoms with Crippen LogP contribution in [0, 0.1) is 6.92 Å². The number of carbonyl (C=O) groups is 1. The van der Waals surface area contributed by atoms with Crippen molar-refractivity contribution in [2.45, 2.75) is 32.3 Å². The van der Waals surface area contributed by atoms with Gasteiger partial charge in [-0.25, -0.2) is 0 Å². The standard InChI is InChI=1S/C14H19NO3/c1-10-9-11(4-5-13(10)16)14(17)15-7-6-12-3-2-8-18-12/h4-5,9,12,16H,2-3,6-8H2,1H3,(H,15,17). The fraction of sp³-hybridized carbons (Fsp3) is 0.500. The Labute approximate surface area is 107 Å². The van der Waals surface area contributed by atoms with Gasteiger partial charge in [0.1, 0.15) is 5.75 Å². The van der Waals surface area contributed by atoms with Crippen LogP contribution in [0.4, 0.5) is 0 Å². The lowest BCUT2D eigenvalue weighted by Gasteiger charge is -2.10. The molecule has 1 amide bonds. The quantitative estimate of drug-likeness (QED) is 0.858. The molecule has 1 aromatic rings. The van der Waals surface area contributed by atoms with Crippen molar-refractivity contribution in [2.24, 2.45) is 0 Å². The second kappa shape index (κ2) is 5.87. The number of phenolic OH excluding ortho intramolecular Hbond substituents is 1. The summed E-state index contributed by atoms with van der Waals surface area (Å²) < 4.78 is 5.49. The number of phenols is 1. The molecule has 1 saturated heterocycles. The SMILES string of the molecule is Cc1cc(C(=O)NCCC2CCCO2)ccc1O. The third-order valence-corrected chi connectivity index (χ3v) is 3.23. The summed E-state index contributed by atoms with van der Waals surface area (Å²) in [4.78, 5) is 11.8. The molecular formula is C14H19NO3. The van der Waals surface area contributed by atoms with Crippen molar-refractivity contribution < 1.29 is 14.6 Å². The Morgan fingerprint density at radius 3 is 3.06 bits per heavy atom. The fourth-order valence-corrected chi connectivity index (χ4v) is 2.12. The molecule has 0 radical (unpaired) electrons. The maximum absolute atomic E-state index is 11.8. The number of hydrogen-bond acceptors (Lipinski definition) is 3. The Morgan fingerprint density at radius 2 is 2.39 bits per heavy atom. The Balaban J connectivity index is 1.81. The van der Waals surface area contributed by atoms with Gasteiger partial charge in [-0.1, -0.05) is 0 Å². The predicted molar refractivity (Wildman–Crippen MR) is 68.8 cm³/mol. The molecule has 0 aliphatic carbocycles. The highest BCUT2D eigenvalue weighted by atomic mass is 16.5. The van der Waals surface area contributed by atoms with E-state index in [1.165, 1.54) is 0 Å². The molecule has 1 aliphatic heterocycles. The molecule has 0 saturated carbocycles. The number of benzene rings is 1. The molecule has 18 heavy (non-hydrogen) atoms. The first-order valence-electron chi connectivity index (χ1n) is 6.36. The van der Waals surface area contributed by atoms with Gasteiger partial charge in [0.2, 0.25) is 0 Å². The number of amides is 1. The zero-order valence-electron chi connectivity index (χ0n) is 10.6. The second-order valence-electron chi connectivity index (χ2n) is 4.68.